The van der Waals surface area contributed by atoms with E-state index in [9.17, 15) is 9.90 Å². The zero-order chi connectivity index (χ0) is 14.3. The lowest BCUT2D eigenvalue weighted by Crippen LogP contribution is -2.42. The van der Waals surface area contributed by atoms with Crippen molar-refractivity contribution in [2.45, 2.75) is 12.1 Å². The molecule has 0 saturated heterocycles. The first kappa shape index (κ1) is 12.7. The number of aromatic nitrogens is 1. The van der Waals surface area contributed by atoms with Crippen molar-refractivity contribution >= 4 is 23.4 Å². The maximum atomic E-state index is 11.8. The third-order valence-corrected chi connectivity index (χ3v) is 3.85. The minimum atomic E-state index is -1.27. The number of carboxylic acid groups (broad SMARTS) is 1. The Morgan fingerprint density at radius 2 is 2.00 bits per heavy atom. The van der Waals surface area contributed by atoms with Crippen molar-refractivity contribution in [3.63, 3.8) is 0 Å². The molecule has 3 N–H and O–H groups in total. The average molecular weight is 290 g/mol. The van der Waals surface area contributed by atoms with Crippen LogP contribution in [-0.4, -0.2) is 15.6 Å². The second-order valence-electron chi connectivity index (χ2n) is 4.70. The van der Waals surface area contributed by atoms with Gasteiger partial charge >= 0.3 is 5.97 Å². The molecule has 1 aliphatic rings. The number of carbonyl (C=O) groups is 1. The first-order valence-corrected chi connectivity index (χ1v) is 6.43. The molecule has 1 aromatic carbocycles. The van der Waals surface area contributed by atoms with Crippen LogP contribution < -0.4 is 10.8 Å². The van der Waals surface area contributed by atoms with Crippen LogP contribution >= 0.6 is 11.6 Å². The summed E-state index contributed by atoms with van der Waals surface area (Å²) in [4.78, 5) is 11.8. The highest BCUT2D eigenvalue weighted by atomic mass is 35.5. The molecule has 0 radical (unpaired) electrons. The molecular formula is C14H12ClN3O2. The maximum Gasteiger partial charge on any atom is 0.336 e. The van der Waals surface area contributed by atoms with E-state index in [0.29, 0.717) is 16.4 Å². The summed E-state index contributed by atoms with van der Waals surface area (Å²) in [6, 6.07) is 12.2. The van der Waals surface area contributed by atoms with Crippen molar-refractivity contribution in [1.29, 1.82) is 5.41 Å². The smallest absolute Gasteiger partial charge is 0.336 e. The second kappa shape index (κ2) is 4.38. The highest BCUT2D eigenvalue weighted by Crippen LogP contribution is 2.34. The lowest BCUT2D eigenvalue weighted by atomic mass is 9.91. The molecule has 1 aromatic heterocycles. The topological polar surface area (TPSA) is 78.1 Å². The number of rotatable bonds is 2. The Balaban J connectivity index is 2.17. The van der Waals surface area contributed by atoms with Gasteiger partial charge in [-0.1, -0.05) is 41.9 Å². The van der Waals surface area contributed by atoms with Gasteiger partial charge in [0.1, 0.15) is 11.3 Å². The van der Waals surface area contributed by atoms with E-state index < -0.39 is 11.5 Å². The molecule has 0 saturated carbocycles. The number of anilines is 1. The van der Waals surface area contributed by atoms with Crippen molar-refractivity contribution in [1.82, 2.24) is 4.57 Å². The fourth-order valence-electron chi connectivity index (χ4n) is 2.47. The summed E-state index contributed by atoms with van der Waals surface area (Å²) >= 11 is 5.93. The molecule has 20 heavy (non-hydrogen) atoms. The number of nitrogens with zero attached hydrogens (tertiary/aromatic N) is 1. The summed E-state index contributed by atoms with van der Waals surface area (Å²) < 4.78 is 1.57. The zero-order valence-corrected chi connectivity index (χ0v) is 11.2. The monoisotopic (exact) mass is 289 g/mol. The van der Waals surface area contributed by atoms with Crippen molar-refractivity contribution in [2.75, 3.05) is 5.32 Å². The molecule has 5 nitrogen and oxygen atoms in total. The Morgan fingerprint density at radius 1 is 1.30 bits per heavy atom. The lowest BCUT2D eigenvalue weighted by molar-refractivity contribution is -0.142. The standard InChI is InChI=1S/C14H12ClN3O2/c15-10-6-7-11-17-14(13(19)20,8-18(11)12(10)16)9-4-2-1-3-5-9/h1-7,16-17H,8H2,(H,19,20). The lowest BCUT2D eigenvalue weighted by Gasteiger charge is -2.24. The molecule has 2 heterocycles. The minimum absolute atomic E-state index is 0.107. The van der Waals surface area contributed by atoms with Crippen LogP contribution in [0.3, 0.4) is 0 Å². The van der Waals surface area contributed by atoms with Gasteiger partial charge in [0.05, 0.1) is 11.6 Å². The Hall–Kier alpha value is -2.27. The van der Waals surface area contributed by atoms with Crippen LogP contribution in [0.25, 0.3) is 0 Å². The predicted molar refractivity (Wildman–Crippen MR) is 74.7 cm³/mol. The number of aliphatic carboxylic acids is 1. The van der Waals surface area contributed by atoms with Crippen LogP contribution in [0.5, 0.6) is 0 Å². The van der Waals surface area contributed by atoms with Gasteiger partial charge < -0.3 is 15.0 Å². The Morgan fingerprint density at radius 3 is 2.65 bits per heavy atom. The van der Waals surface area contributed by atoms with E-state index in [1.807, 2.05) is 6.07 Å². The Labute approximate surface area is 120 Å². The van der Waals surface area contributed by atoms with E-state index in [4.69, 9.17) is 17.0 Å². The third-order valence-electron chi connectivity index (χ3n) is 3.54. The van der Waals surface area contributed by atoms with E-state index >= 15 is 0 Å². The van der Waals surface area contributed by atoms with Crippen molar-refractivity contribution in [3.8, 4) is 0 Å². The van der Waals surface area contributed by atoms with Crippen molar-refractivity contribution in [3.05, 3.63) is 58.5 Å². The molecule has 0 spiro atoms. The number of pyridine rings is 1. The fraction of sp³-hybridized carbons (Fsp3) is 0.143. The number of carboxylic acids is 1. The average Bonchev–Trinajstić information content (AvgIpc) is 2.86. The summed E-state index contributed by atoms with van der Waals surface area (Å²) in [6.07, 6.45) is 0. The van der Waals surface area contributed by atoms with Gasteiger partial charge in [-0.3, -0.25) is 5.41 Å². The number of hydrogen-bond donors (Lipinski definition) is 3. The quantitative estimate of drug-likeness (QED) is 0.791. The Bertz CT molecular complexity index is 742. The molecule has 0 fully saturated rings. The van der Waals surface area contributed by atoms with E-state index in [2.05, 4.69) is 5.32 Å². The largest absolute Gasteiger partial charge is 0.479 e. The second-order valence-corrected chi connectivity index (χ2v) is 5.11. The molecule has 1 unspecified atom stereocenters. The molecule has 0 aliphatic carbocycles. The van der Waals surface area contributed by atoms with E-state index in [1.165, 1.54) is 0 Å². The minimum Gasteiger partial charge on any atom is -0.479 e. The SMILES string of the molecule is N=c1c(Cl)ccc2n1CC(C(=O)O)(c1ccccc1)N2. The van der Waals surface area contributed by atoms with Gasteiger partial charge in [-0.25, -0.2) is 4.79 Å². The number of fused-ring (bicyclic) bond motifs is 1. The number of nitrogens with one attached hydrogen (secondary N) is 2. The van der Waals surface area contributed by atoms with Crippen LogP contribution in [0.2, 0.25) is 5.02 Å². The summed E-state index contributed by atoms with van der Waals surface area (Å²) in [7, 11) is 0. The van der Waals surface area contributed by atoms with Crippen molar-refractivity contribution in [2.24, 2.45) is 0 Å². The maximum absolute atomic E-state index is 11.8. The molecule has 1 aliphatic heterocycles. The molecule has 3 rings (SSSR count). The van der Waals surface area contributed by atoms with Crippen LogP contribution in [0.15, 0.2) is 42.5 Å². The van der Waals surface area contributed by atoms with Gasteiger partial charge in [0.15, 0.2) is 5.54 Å². The van der Waals surface area contributed by atoms with Crippen LogP contribution in [0, 0.1) is 5.41 Å². The van der Waals surface area contributed by atoms with Crippen LogP contribution in [-0.2, 0) is 16.9 Å². The molecule has 6 heteroatoms. The summed E-state index contributed by atoms with van der Waals surface area (Å²) in [5.41, 5.74) is -0.517. The first-order chi connectivity index (χ1) is 9.54. The van der Waals surface area contributed by atoms with Gasteiger partial charge in [-0.05, 0) is 17.7 Å². The number of hydrogen-bond acceptors (Lipinski definition) is 3. The van der Waals surface area contributed by atoms with E-state index in [0.717, 1.165) is 0 Å². The summed E-state index contributed by atoms with van der Waals surface area (Å²) in [6.45, 7) is 0.126. The van der Waals surface area contributed by atoms with E-state index in [-0.39, 0.29) is 12.0 Å². The first-order valence-electron chi connectivity index (χ1n) is 6.06. The Kier molecular flexibility index (Phi) is 2.79. The number of halogens is 1. The van der Waals surface area contributed by atoms with Crippen LogP contribution in [0.4, 0.5) is 5.82 Å². The predicted octanol–water partition coefficient (Wildman–Crippen LogP) is 2.03. The summed E-state index contributed by atoms with van der Waals surface area (Å²) in [5, 5.41) is 20.9. The molecule has 1 atom stereocenters. The van der Waals surface area contributed by atoms with Gasteiger partial charge in [-0.15, -0.1) is 0 Å². The zero-order valence-electron chi connectivity index (χ0n) is 10.4. The molecular weight excluding hydrogens is 278 g/mol. The molecule has 102 valence electrons. The molecule has 0 amide bonds. The summed E-state index contributed by atoms with van der Waals surface area (Å²) in [5.74, 6) is -0.409. The van der Waals surface area contributed by atoms with E-state index in [1.54, 1.807) is 41.0 Å². The van der Waals surface area contributed by atoms with Gasteiger partial charge in [0, 0.05) is 0 Å². The normalized spacial score (nSPS) is 20.2. The van der Waals surface area contributed by atoms with Gasteiger partial charge in [0.25, 0.3) is 0 Å². The highest BCUT2D eigenvalue weighted by molar-refractivity contribution is 6.30. The third kappa shape index (κ3) is 1.71. The van der Waals surface area contributed by atoms with Crippen LogP contribution in [0.1, 0.15) is 5.56 Å². The highest BCUT2D eigenvalue weighted by Gasteiger charge is 2.45. The van der Waals surface area contributed by atoms with Gasteiger partial charge in [0.2, 0.25) is 0 Å². The molecule has 0 bridgehead atoms. The number of benzene rings is 1. The molecule has 2 aromatic rings. The fourth-order valence-corrected chi connectivity index (χ4v) is 2.63. The van der Waals surface area contributed by atoms with Crippen molar-refractivity contribution < 1.29 is 9.90 Å². The van der Waals surface area contributed by atoms with Gasteiger partial charge in [-0.2, -0.15) is 0 Å².